The number of aromatic amines is 1. The lowest BCUT2D eigenvalue weighted by Crippen LogP contribution is -2.40. The van der Waals surface area contributed by atoms with Gasteiger partial charge in [-0.05, 0) is 31.2 Å². The molecule has 0 saturated carbocycles. The Morgan fingerprint density at radius 2 is 2.00 bits per heavy atom. The number of morpholine rings is 1. The zero-order chi connectivity index (χ0) is 18.2. The number of rotatable bonds is 4. The Bertz CT molecular complexity index is 983. The molecule has 142 valence electrons. The van der Waals surface area contributed by atoms with E-state index >= 15 is 0 Å². The van der Waals surface area contributed by atoms with E-state index in [1.54, 1.807) is 17.7 Å². The predicted molar refractivity (Wildman–Crippen MR) is 107 cm³/mol. The maximum absolute atomic E-state index is 9.15. The predicted octanol–water partition coefficient (Wildman–Crippen LogP) is 1.78. The average molecular weight is 387 g/mol. The molecule has 8 heteroatoms. The van der Waals surface area contributed by atoms with E-state index < -0.39 is 0 Å². The number of aromatic nitrogens is 3. The second-order valence-electron chi connectivity index (χ2n) is 7.09. The van der Waals surface area contributed by atoms with Crippen LogP contribution in [-0.4, -0.2) is 54.5 Å². The third-order valence-corrected chi connectivity index (χ3v) is 6.59. The van der Waals surface area contributed by atoms with E-state index in [1.165, 1.54) is 40.0 Å². The van der Waals surface area contributed by atoms with Gasteiger partial charge in [0.15, 0.2) is 4.83 Å². The van der Waals surface area contributed by atoms with Crippen LogP contribution in [0.2, 0.25) is 0 Å². The van der Waals surface area contributed by atoms with E-state index in [1.807, 2.05) is 0 Å². The largest absolute Gasteiger partial charge is 0.395 e. The SMILES string of the molecule is OCCNc1ncnc2c1sc1[nH+]c(N3CCOCC3)c3c(c12)CCCC3. The molecule has 0 aromatic carbocycles. The summed E-state index contributed by atoms with van der Waals surface area (Å²) in [6.45, 7) is 4.01. The number of nitrogens with zero attached hydrogens (tertiary/aromatic N) is 3. The van der Waals surface area contributed by atoms with Crippen LogP contribution in [0, 0.1) is 0 Å². The fourth-order valence-electron chi connectivity index (χ4n) is 4.26. The quantitative estimate of drug-likeness (QED) is 0.711. The van der Waals surface area contributed by atoms with Crippen LogP contribution in [0.5, 0.6) is 0 Å². The first-order chi connectivity index (χ1) is 13.4. The van der Waals surface area contributed by atoms with Crippen LogP contribution in [-0.2, 0) is 17.6 Å². The third kappa shape index (κ3) is 2.92. The first-order valence-electron chi connectivity index (χ1n) is 9.68. The van der Waals surface area contributed by atoms with Crippen molar-refractivity contribution < 1.29 is 14.8 Å². The standard InChI is InChI=1S/C19H23N5O2S/c25-8-5-20-17-16-15(21-11-22-17)14-12-3-1-2-4-13(12)18(23-19(14)27-16)24-6-9-26-10-7-24/h11,25H,1-10H2,(H,20,21,22)/p+1. The molecule has 3 aromatic heterocycles. The summed E-state index contributed by atoms with van der Waals surface area (Å²) >= 11 is 1.71. The molecule has 5 rings (SSSR count). The Hall–Kier alpha value is -2.03. The van der Waals surface area contributed by atoms with Gasteiger partial charge in [-0.1, -0.05) is 11.3 Å². The second kappa shape index (κ2) is 7.18. The molecule has 1 fully saturated rings. The van der Waals surface area contributed by atoms with Crippen molar-refractivity contribution >= 4 is 43.4 Å². The first kappa shape index (κ1) is 17.1. The molecule has 2 aliphatic rings. The molecule has 1 saturated heterocycles. The van der Waals surface area contributed by atoms with Gasteiger partial charge in [0, 0.05) is 12.1 Å². The van der Waals surface area contributed by atoms with E-state index in [4.69, 9.17) is 9.84 Å². The van der Waals surface area contributed by atoms with Gasteiger partial charge in [-0.2, -0.15) is 0 Å². The molecule has 0 spiro atoms. The molecule has 7 nitrogen and oxygen atoms in total. The average Bonchev–Trinajstić information content (AvgIpc) is 3.11. The highest BCUT2D eigenvalue weighted by Crippen LogP contribution is 2.40. The molecule has 1 aliphatic heterocycles. The van der Waals surface area contributed by atoms with Crippen LogP contribution in [0.25, 0.3) is 20.4 Å². The zero-order valence-corrected chi connectivity index (χ0v) is 16.1. The van der Waals surface area contributed by atoms with Gasteiger partial charge in [0.1, 0.15) is 29.9 Å². The Kier molecular flexibility index (Phi) is 4.55. The van der Waals surface area contributed by atoms with Crippen LogP contribution < -0.4 is 15.2 Å². The number of aryl methyl sites for hydroxylation is 1. The highest BCUT2D eigenvalue weighted by Gasteiger charge is 2.30. The normalized spacial score (nSPS) is 17.4. The van der Waals surface area contributed by atoms with Crippen molar-refractivity contribution in [1.82, 2.24) is 9.97 Å². The molecule has 27 heavy (non-hydrogen) atoms. The summed E-state index contributed by atoms with van der Waals surface area (Å²) in [5.41, 5.74) is 3.93. The van der Waals surface area contributed by atoms with Crippen molar-refractivity contribution in [2.24, 2.45) is 0 Å². The van der Waals surface area contributed by atoms with Gasteiger partial charge in [-0.25, -0.2) is 15.0 Å². The zero-order valence-electron chi connectivity index (χ0n) is 15.3. The lowest BCUT2D eigenvalue weighted by atomic mass is 9.90. The molecule has 0 amide bonds. The number of aliphatic hydroxyl groups is 1. The first-order valence-corrected chi connectivity index (χ1v) is 10.5. The summed E-state index contributed by atoms with van der Waals surface area (Å²) in [6.07, 6.45) is 6.32. The monoisotopic (exact) mass is 386 g/mol. The molecule has 4 heterocycles. The number of nitrogens with one attached hydrogen (secondary N) is 2. The fourth-order valence-corrected chi connectivity index (χ4v) is 5.41. The van der Waals surface area contributed by atoms with E-state index in [0.717, 1.165) is 55.2 Å². The minimum absolute atomic E-state index is 0.0824. The lowest BCUT2D eigenvalue weighted by molar-refractivity contribution is -0.328. The van der Waals surface area contributed by atoms with Crippen LogP contribution in [0.1, 0.15) is 24.0 Å². The minimum Gasteiger partial charge on any atom is -0.395 e. The fraction of sp³-hybridized carbons (Fsp3) is 0.526. The molecule has 0 radical (unpaired) electrons. The maximum atomic E-state index is 9.15. The van der Waals surface area contributed by atoms with E-state index in [2.05, 4.69) is 25.2 Å². The van der Waals surface area contributed by atoms with Crippen LogP contribution in [0.15, 0.2) is 6.33 Å². The smallest absolute Gasteiger partial charge is 0.279 e. The highest BCUT2D eigenvalue weighted by molar-refractivity contribution is 7.25. The van der Waals surface area contributed by atoms with Gasteiger partial charge in [-0.3, -0.25) is 4.90 Å². The highest BCUT2D eigenvalue weighted by atomic mass is 32.1. The summed E-state index contributed by atoms with van der Waals surface area (Å²) in [5.74, 6) is 2.08. The number of hydrogen-bond acceptors (Lipinski definition) is 7. The second-order valence-corrected chi connectivity index (χ2v) is 8.11. The van der Waals surface area contributed by atoms with Crippen LogP contribution in [0.4, 0.5) is 11.6 Å². The molecule has 0 bridgehead atoms. The van der Waals surface area contributed by atoms with Crippen LogP contribution >= 0.6 is 11.3 Å². The minimum atomic E-state index is 0.0824. The van der Waals surface area contributed by atoms with E-state index in [9.17, 15) is 0 Å². The Balaban J connectivity index is 1.73. The van der Waals surface area contributed by atoms with E-state index in [-0.39, 0.29) is 6.61 Å². The summed E-state index contributed by atoms with van der Waals surface area (Å²) in [6, 6.07) is 0. The number of anilines is 2. The molecule has 1 aliphatic carbocycles. The Morgan fingerprint density at radius 3 is 2.81 bits per heavy atom. The lowest BCUT2D eigenvalue weighted by Gasteiger charge is -2.25. The number of H-pyrrole nitrogens is 1. The van der Waals surface area contributed by atoms with Gasteiger partial charge >= 0.3 is 0 Å². The van der Waals surface area contributed by atoms with Gasteiger partial charge in [-0.15, -0.1) is 0 Å². The van der Waals surface area contributed by atoms with Crippen molar-refractivity contribution in [2.45, 2.75) is 25.7 Å². The van der Waals surface area contributed by atoms with Crippen LogP contribution in [0.3, 0.4) is 0 Å². The van der Waals surface area contributed by atoms with Gasteiger partial charge in [0.05, 0.1) is 30.7 Å². The van der Waals surface area contributed by atoms with Gasteiger partial charge < -0.3 is 15.2 Å². The number of thiophene rings is 1. The van der Waals surface area contributed by atoms with Gasteiger partial charge in [0.25, 0.3) is 5.82 Å². The maximum Gasteiger partial charge on any atom is 0.279 e. The molecular formula is C19H24N5O2S+. The number of ether oxygens (including phenoxy) is 1. The number of fused-ring (bicyclic) bond motifs is 5. The van der Waals surface area contributed by atoms with E-state index in [0.29, 0.717) is 6.54 Å². The topological polar surface area (TPSA) is 84.7 Å². The van der Waals surface area contributed by atoms with Crippen molar-refractivity contribution in [3.63, 3.8) is 0 Å². The molecular weight excluding hydrogens is 362 g/mol. The molecule has 3 aromatic rings. The van der Waals surface area contributed by atoms with Crippen molar-refractivity contribution in [3.8, 4) is 0 Å². The molecule has 0 unspecified atom stereocenters. The van der Waals surface area contributed by atoms with Gasteiger partial charge in [0.2, 0.25) is 0 Å². The Labute approximate surface area is 161 Å². The third-order valence-electron chi connectivity index (χ3n) is 5.49. The molecule has 3 N–H and O–H groups in total. The summed E-state index contributed by atoms with van der Waals surface area (Å²) < 4.78 is 6.61. The number of pyridine rings is 1. The summed E-state index contributed by atoms with van der Waals surface area (Å²) in [5, 5.41) is 13.6. The van der Waals surface area contributed by atoms with Crippen molar-refractivity contribution in [2.75, 3.05) is 49.7 Å². The van der Waals surface area contributed by atoms with Crippen molar-refractivity contribution in [3.05, 3.63) is 17.5 Å². The Morgan fingerprint density at radius 1 is 1.19 bits per heavy atom. The summed E-state index contributed by atoms with van der Waals surface area (Å²) in [4.78, 5) is 16.4. The number of hydrogen-bond donors (Lipinski definition) is 2. The summed E-state index contributed by atoms with van der Waals surface area (Å²) in [7, 11) is 0. The van der Waals surface area contributed by atoms with Crippen molar-refractivity contribution in [1.29, 1.82) is 0 Å². The number of aliphatic hydroxyl groups excluding tert-OH is 1. The molecule has 0 atom stereocenters.